The lowest BCUT2D eigenvalue weighted by molar-refractivity contribution is 0.110. The molecule has 0 aliphatic heterocycles. The highest BCUT2D eigenvalue weighted by Crippen LogP contribution is 2.44. The molecule has 0 radical (unpaired) electrons. The van der Waals surface area contributed by atoms with Gasteiger partial charge in [-0.3, -0.25) is 0 Å². The monoisotopic (exact) mass is 378 g/mol. The van der Waals surface area contributed by atoms with Gasteiger partial charge in [-0.2, -0.15) is 0 Å². The van der Waals surface area contributed by atoms with E-state index < -0.39 is 0 Å². The van der Waals surface area contributed by atoms with Crippen molar-refractivity contribution in [2.75, 3.05) is 34.0 Å². The second-order valence-electron chi connectivity index (χ2n) is 6.13. The zero-order valence-corrected chi connectivity index (χ0v) is 16.6. The van der Waals surface area contributed by atoms with E-state index in [4.69, 9.17) is 18.9 Å². The van der Waals surface area contributed by atoms with Crippen LogP contribution in [0.15, 0.2) is 66.7 Å². The first kappa shape index (κ1) is 19.8. The van der Waals surface area contributed by atoms with Gasteiger partial charge in [-0.25, -0.2) is 0 Å². The zero-order chi connectivity index (χ0) is 19.8. The number of ether oxygens (including phenoxy) is 4. The van der Waals surface area contributed by atoms with Gasteiger partial charge in [0.05, 0.1) is 20.8 Å². The van der Waals surface area contributed by atoms with Gasteiger partial charge in [-0.05, 0) is 19.1 Å². The minimum atomic E-state index is 0.460. The Morgan fingerprint density at radius 2 is 1.11 bits per heavy atom. The average molecular weight is 378 g/mol. The van der Waals surface area contributed by atoms with Crippen LogP contribution in [0.4, 0.5) is 0 Å². The minimum Gasteiger partial charge on any atom is -0.496 e. The first-order valence-corrected chi connectivity index (χ1v) is 9.40. The Morgan fingerprint density at radius 3 is 1.61 bits per heavy atom. The number of hydrogen-bond acceptors (Lipinski definition) is 4. The average Bonchev–Trinajstić information content (AvgIpc) is 2.76. The van der Waals surface area contributed by atoms with E-state index in [1.165, 1.54) is 0 Å². The van der Waals surface area contributed by atoms with E-state index in [9.17, 15) is 0 Å². The number of methoxy groups -OCH3 is 2. The summed E-state index contributed by atoms with van der Waals surface area (Å²) in [6.45, 7) is 3.63. The molecule has 3 rings (SSSR count). The molecule has 0 aromatic heterocycles. The molecule has 0 N–H and O–H groups in total. The van der Waals surface area contributed by atoms with Gasteiger partial charge in [0.1, 0.15) is 23.9 Å². The molecule has 0 unspecified atom stereocenters. The quantitative estimate of drug-likeness (QED) is 0.464. The van der Waals surface area contributed by atoms with Gasteiger partial charge in [-0.1, -0.05) is 54.6 Å². The largest absolute Gasteiger partial charge is 0.496 e. The van der Waals surface area contributed by atoms with Crippen molar-refractivity contribution in [3.63, 3.8) is 0 Å². The van der Waals surface area contributed by atoms with E-state index in [0.29, 0.717) is 19.8 Å². The molecular formula is C24H26O4. The Kier molecular flexibility index (Phi) is 6.93. The van der Waals surface area contributed by atoms with Crippen molar-refractivity contribution in [3.8, 4) is 39.5 Å². The maximum absolute atomic E-state index is 6.24. The van der Waals surface area contributed by atoms with Crippen LogP contribution in [0.1, 0.15) is 6.92 Å². The van der Waals surface area contributed by atoms with E-state index >= 15 is 0 Å². The van der Waals surface area contributed by atoms with Gasteiger partial charge in [0.2, 0.25) is 0 Å². The molecule has 0 amide bonds. The molecule has 146 valence electrons. The number of benzene rings is 3. The minimum absolute atomic E-state index is 0.460. The summed E-state index contributed by atoms with van der Waals surface area (Å²) in [5, 5.41) is 0. The lowest BCUT2D eigenvalue weighted by atomic mass is 9.96. The highest BCUT2D eigenvalue weighted by Gasteiger charge is 2.18. The lowest BCUT2D eigenvalue weighted by Crippen LogP contribution is -2.08. The number of rotatable bonds is 9. The second kappa shape index (κ2) is 9.81. The van der Waals surface area contributed by atoms with Crippen molar-refractivity contribution >= 4 is 0 Å². The Labute approximate surface area is 166 Å². The van der Waals surface area contributed by atoms with E-state index in [2.05, 4.69) is 0 Å². The van der Waals surface area contributed by atoms with Gasteiger partial charge >= 0.3 is 0 Å². The maximum atomic E-state index is 6.24. The Morgan fingerprint density at radius 1 is 0.607 bits per heavy atom. The highest BCUT2D eigenvalue weighted by molar-refractivity contribution is 5.86. The Bertz CT molecular complexity index is 839. The van der Waals surface area contributed by atoms with E-state index in [1.54, 1.807) is 14.2 Å². The predicted molar refractivity (Wildman–Crippen MR) is 112 cm³/mol. The topological polar surface area (TPSA) is 36.9 Å². The summed E-state index contributed by atoms with van der Waals surface area (Å²) in [5.74, 6) is 2.39. The van der Waals surface area contributed by atoms with Crippen LogP contribution in [0.3, 0.4) is 0 Å². The van der Waals surface area contributed by atoms with Crippen LogP contribution >= 0.6 is 0 Å². The van der Waals surface area contributed by atoms with E-state index in [-0.39, 0.29) is 0 Å². The van der Waals surface area contributed by atoms with Crippen molar-refractivity contribution in [2.24, 2.45) is 0 Å². The molecule has 28 heavy (non-hydrogen) atoms. The number of para-hydroxylation sites is 3. The third kappa shape index (κ3) is 4.29. The van der Waals surface area contributed by atoms with Crippen molar-refractivity contribution in [2.45, 2.75) is 6.92 Å². The molecular weight excluding hydrogens is 352 g/mol. The van der Waals surface area contributed by atoms with E-state index in [1.807, 2.05) is 73.7 Å². The molecule has 4 heteroatoms. The lowest BCUT2D eigenvalue weighted by Gasteiger charge is -2.19. The highest BCUT2D eigenvalue weighted by atomic mass is 16.5. The van der Waals surface area contributed by atoms with Crippen LogP contribution < -0.4 is 14.2 Å². The summed E-state index contributed by atoms with van der Waals surface area (Å²) in [5.41, 5.74) is 3.90. The molecule has 4 nitrogen and oxygen atoms in total. The van der Waals surface area contributed by atoms with Crippen LogP contribution in [-0.2, 0) is 4.74 Å². The standard InChI is InChI=1S/C24H26O4/c1-4-27-16-17-28-24-20(18-10-5-7-14-22(18)25-2)12-9-13-21(24)19-11-6-8-15-23(19)26-3/h5-15H,4,16-17H2,1-3H3. The Hall–Kier alpha value is -2.98. The molecule has 3 aromatic rings. The van der Waals surface area contributed by atoms with Gasteiger partial charge in [0.15, 0.2) is 0 Å². The van der Waals surface area contributed by atoms with Crippen molar-refractivity contribution in [1.82, 2.24) is 0 Å². The molecule has 0 aliphatic rings. The van der Waals surface area contributed by atoms with Crippen LogP contribution in [0.5, 0.6) is 17.2 Å². The summed E-state index contributed by atoms with van der Waals surface area (Å²) < 4.78 is 22.9. The van der Waals surface area contributed by atoms with Crippen LogP contribution in [0, 0.1) is 0 Å². The van der Waals surface area contributed by atoms with E-state index in [0.717, 1.165) is 39.5 Å². The summed E-state index contributed by atoms with van der Waals surface area (Å²) >= 11 is 0. The first-order valence-electron chi connectivity index (χ1n) is 9.40. The van der Waals surface area contributed by atoms with Crippen LogP contribution in [0.2, 0.25) is 0 Å². The smallest absolute Gasteiger partial charge is 0.135 e. The third-order valence-electron chi connectivity index (χ3n) is 4.49. The first-order chi connectivity index (χ1) is 13.8. The summed E-state index contributed by atoms with van der Waals surface area (Å²) in [6.07, 6.45) is 0. The van der Waals surface area contributed by atoms with Crippen LogP contribution in [-0.4, -0.2) is 34.0 Å². The van der Waals surface area contributed by atoms with Crippen molar-refractivity contribution in [1.29, 1.82) is 0 Å². The fraction of sp³-hybridized carbons (Fsp3) is 0.250. The number of hydrogen-bond donors (Lipinski definition) is 0. The zero-order valence-electron chi connectivity index (χ0n) is 16.6. The molecule has 0 fully saturated rings. The molecule has 0 spiro atoms. The fourth-order valence-corrected chi connectivity index (χ4v) is 3.20. The Balaban J connectivity index is 2.14. The summed E-state index contributed by atoms with van der Waals surface area (Å²) in [6, 6.07) is 22.0. The summed E-state index contributed by atoms with van der Waals surface area (Å²) in [4.78, 5) is 0. The molecule has 3 aromatic carbocycles. The normalized spacial score (nSPS) is 10.5. The molecule has 0 atom stereocenters. The van der Waals surface area contributed by atoms with Gasteiger partial charge in [0, 0.05) is 28.9 Å². The molecule has 0 aliphatic carbocycles. The molecule has 0 saturated heterocycles. The fourth-order valence-electron chi connectivity index (χ4n) is 3.20. The van der Waals surface area contributed by atoms with Gasteiger partial charge in [-0.15, -0.1) is 0 Å². The molecule has 0 heterocycles. The van der Waals surface area contributed by atoms with Crippen molar-refractivity contribution < 1.29 is 18.9 Å². The third-order valence-corrected chi connectivity index (χ3v) is 4.49. The molecule has 0 saturated carbocycles. The maximum Gasteiger partial charge on any atom is 0.135 e. The SMILES string of the molecule is CCOCCOc1c(-c2ccccc2OC)cccc1-c1ccccc1OC. The second-order valence-corrected chi connectivity index (χ2v) is 6.13. The van der Waals surface area contributed by atoms with Gasteiger partial charge in [0.25, 0.3) is 0 Å². The summed E-state index contributed by atoms with van der Waals surface area (Å²) in [7, 11) is 3.36. The molecule has 0 bridgehead atoms. The van der Waals surface area contributed by atoms with Gasteiger partial charge < -0.3 is 18.9 Å². The van der Waals surface area contributed by atoms with Crippen molar-refractivity contribution in [3.05, 3.63) is 66.7 Å². The predicted octanol–water partition coefficient (Wildman–Crippen LogP) is 5.45. The van der Waals surface area contributed by atoms with Crippen LogP contribution in [0.25, 0.3) is 22.3 Å².